The number of nitrogens with zero attached hydrogens (tertiary/aromatic N) is 1. The number of rotatable bonds is 2. The second kappa shape index (κ2) is 6.73. The predicted octanol–water partition coefficient (Wildman–Crippen LogP) is -1.06. The van der Waals surface area contributed by atoms with Gasteiger partial charge in [-0.25, -0.2) is 0 Å². The molecule has 1 aliphatic heterocycles. The minimum Gasteiger partial charge on any atom is -1.00 e. The zero-order valence-electron chi connectivity index (χ0n) is 8.59. The monoisotopic (exact) mass is 145 g/mol. The van der Waals surface area contributed by atoms with E-state index in [1.54, 1.807) is 0 Å². The fourth-order valence-corrected chi connectivity index (χ4v) is 1.11. The Labute approximate surface area is 82.8 Å². The Morgan fingerprint density at radius 1 is 1.55 bits per heavy atom. The van der Waals surface area contributed by atoms with Crippen LogP contribution in [-0.2, 0) is 0 Å². The van der Waals surface area contributed by atoms with Gasteiger partial charge in [0.25, 0.3) is 0 Å². The van der Waals surface area contributed by atoms with Crippen LogP contribution in [0.3, 0.4) is 0 Å². The van der Waals surface area contributed by atoms with E-state index in [0.29, 0.717) is 0 Å². The van der Waals surface area contributed by atoms with E-state index in [1.165, 1.54) is 13.0 Å². The molecule has 0 saturated carbocycles. The van der Waals surface area contributed by atoms with Crippen LogP contribution >= 0.6 is 0 Å². The van der Waals surface area contributed by atoms with Crippen LogP contribution in [0.4, 0.5) is 0 Å². The largest absolute Gasteiger partial charge is 1.00 e. The van der Waals surface area contributed by atoms with Crippen molar-refractivity contribution in [3.63, 3.8) is 0 Å². The molecule has 0 atom stereocenters. The summed E-state index contributed by atoms with van der Waals surface area (Å²) in [4.78, 5) is 2.43. The fraction of sp³-hybridized carbons (Fsp3) is 0.556. The second-order valence-electron chi connectivity index (χ2n) is 2.59. The molecule has 0 unspecified atom stereocenters. The van der Waals surface area contributed by atoms with Gasteiger partial charge in [-0.2, -0.15) is 0 Å². The van der Waals surface area contributed by atoms with Crippen molar-refractivity contribution >= 4 is 0 Å². The minimum atomic E-state index is 0. The molecule has 0 spiro atoms. The first-order valence-electron chi connectivity index (χ1n) is 3.92. The topological polar surface area (TPSA) is 3.24 Å². The summed E-state index contributed by atoms with van der Waals surface area (Å²) in [7, 11) is 0. The Morgan fingerprint density at radius 3 is 2.91 bits per heavy atom. The molecule has 1 rings (SSSR count). The van der Waals surface area contributed by atoms with Gasteiger partial charge in [0.1, 0.15) is 0 Å². The minimum absolute atomic E-state index is 0. The average Bonchev–Trinajstić information content (AvgIpc) is 2.03. The Bertz CT molecular complexity index is 145. The molecule has 1 nitrogen and oxygen atoms in total. The third-order valence-electron chi connectivity index (χ3n) is 1.74. The second-order valence-corrected chi connectivity index (χ2v) is 2.59. The van der Waals surface area contributed by atoms with E-state index in [-0.39, 0.29) is 20.3 Å². The van der Waals surface area contributed by atoms with Crippen LogP contribution in [0.25, 0.3) is 0 Å². The summed E-state index contributed by atoms with van der Waals surface area (Å²) in [6.07, 6.45) is 10.0. The van der Waals surface area contributed by atoms with Gasteiger partial charge in [-0.1, -0.05) is 24.3 Å². The van der Waals surface area contributed by atoms with Crippen LogP contribution in [0.1, 0.15) is 14.8 Å². The Hall–Kier alpha value is 0.0374. The van der Waals surface area contributed by atoms with E-state index in [1.807, 2.05) is 0 Å². The predicted molar refractivity (Wildman–Crippen MR) is 46.1 cm³/mol. The molecule has 11 heavy (non-hydrogen) atoms. The molecule has 0 aliphatic carbocycles. The fourth-order valence-electron chi connectivity index (χ4n) is 1.11. The summed E-state index contributed by atoms with van der Waals surface area (Å²) < 4.78 is 0. The van der Waals surface area contributed by atoms with E-state index in [0.717, 1.165) is 13.1 Å². The smallest absolute Gasteiger partial charge is 1.00 e. The zero-order chi connectivity index (χ0) is 7.23. The summed E-state index contributed by atoms with van der Waals surface area (Å²) in [5, 5.41) is 0. The SMILES string of the molecule is C/C=C/CN1CC=CCC1.[H-].[Li+]. The molecule has 1 heterocycles. The average molecular weight is 145 g/mol. The summed E-state index contributed by atoms with van der Waals surface area (Å²) >= 11 is 0. The van der Waals surface area contributed by atoms with E-state index in [4.69, 9.17) is 0 Å². The first-order valence-corrected chi connectivity index (χ1v) is 3.92. The van der Waals surface area contributed by atoms with Gasteiger partial charge in [-0.3, -0.25) is 4.90 Å². The van der Waals surface area contributed by atoms with Gasteiger partial charge in [-0.05, 0) is 13.3 Å². The van der Waals surface area contributed by atoms with E-state index >= 15 is 0 Å². The third kappa shape index (κ3) is 4.47. The molecule has 0 bridgehead atoms. The van der Waals surface area contributed by atoms with Gasteiger partial charge in [0.15, 0.2) is 0 Å². The van der Waals surface area contributed by atoms with Crippen molar-refractivity contribution in [1.82, 2.24) is 4.90 Å². The molecule has 0 fully saturated rings. The van der Waals surface area contributed by atoms with Crippen LogP contribution < -0.4 is 18.9 Å². The van der Waals surface area contributed by atoms with Crippen molar-refractivity contribution in [3.05, 3.63) is 24.3 Å². The molecule has 1 aliphatic rings. The molecule has 0 radical (unpaired) electrons. The van der Waals surface area contributed by atoms with Gasteiger partial charge < -0.3 is 1.43 Å². The Kier molecular flexibility index (Phi) is 6.75. The van der Waals surface area contributed by atoms with Gasteiger partial charge >= 0.3 is 18.9 Å². The molecule has 0 N–H and O–H groups in total. The van der Waals surface area contributed by atoms with Crippen LogP contribution in [0.2, 0.25) is 0 Å². The number of hydrogen-bond donors (Lipinski definition) is 0. The van der Waals surface area contributed by atoms with E-state index < -0.39 is 0 Å². The van der Waals surface area contributed by atoms with Crippen LogP contribution in [0.5, 0.6) is 0 Å². The van der Waals surface area contributed by atoms with E-state index in [9.17, 15) is 0 Å². The summed E-state index contributed by atoms with van der Waals surface area (Å²) in [5.74, 6) is 0. The van der Waals surface area contributed by atoms with Gasteiger partial charge in [0.05, 0.1) is 0 Å². The molecule has 0 aromatic rings. The van der Waals surface area contributed by atoms with Crippen molar-refractivity contribution in [3.8, 4) is 0 Å². The van der Waals surface area contributed by atoms with Gasteiger partial charge in [0, 0.05) is 19.6 Å². The molecule has 0 aromatic carbocycles. The molecular weight excluding hydrogens is 129 g/mol. The summed E-state index contributed by atoms with van der Waals surface area (Å²) in [6, 6.07) is 0. The van der Waals surface area contributed by atoms with Gasteiger partial charge in [0.2, 0.25) is 0 Å². The van der Waals surface area contributed by atoms with E-state index in [2.05, 4.69) is 36.1 Å². The van der Waals surface area contributed by atoms with Crippen LogP contribution in [-0.4, -0.2) is 24.5 Å². The van der Waals surface area contributed by atoms with Crippen molar-refractivity contribution in [2.75, 3.05) is 19.6 Å². The molecule has 0 saturated heterocycles. The van der Waals surface area contributed by atoms with Crippen LogP contribution in [0.15, 0.2) is 24.3 Å². The summed E-state index contributed by atoms with van der Waals surface area (Å²) in [6.45, 7) is 5.53. The number of hydrogen-bond acceptors (Lipinski definition) is 1. The summed E-state index contributed by atoms with van der Waals surface area (Å²) in [5.41, 5.74) is 0. The molecule has 0 aromatic heterocycles. The standard InChI is InChI=1S/C9H15N.Li.H/c1-2-3-7-10-8-5-4-6-9-10;;/h2-5H,6-9H2,1H3;;/q;+1;-1/b3-2+;;. The Balaban J connectivity index is 0. The first kappa shape index (κ1) is 11.0. The van der Waals surface area contributed by atoms with Crippen molar-refractivity contribution in [2.45, 2.75) is 13.3 Å². The quantitative estimate of drug-likeness (QED) is 0.354. The maximum atomic E-state index is 2.43. The zero-order valence-corrected chi connectivity index (χ0v) is 7.59. The van der Waals surface area contributed by atoms with Crippen molar-refractivity contribution in [2.24, 2.45) is 0 Å². The maximum Gasteiger partial charge on any atom is 1.00 e. The van der Waals surface area contributed by atoms with Crippen LogP contribution in [0, 0.1) is 0 Å². The third-order valence-corrected chi connectivity index (χ3v) is 1.74. The van der Waals surface area contributed by atoms with Crippen molar-refractivity contribution in [1.29, 1.82) is 0 Å². The first-order chi connectivity index (χ1) is 4.93. The molecule has 0 amide bonds. The van der Waals surface area contributed by atoms with Gasteiger partial charge in [-0.15, -0.1) is 0 Å². The molecular formula is C9H16LiN. The normalized spacial score (nSPS) is 18.6. The molecule has 2 heteroatoms. The molecule has 58 valence electrons. The Morgan fingerprint density at radius 2 is 2.36 bits per heavy atom. The van der Waals surface area contributed by atoms with Crippen molar-refractivity contribution < 1.29 is 20.3 Å². The number of allylic oxidation sites excluding steroid dienone is 1. The maximum absolute atomic E-state index is 2.43.